The number of thiol groups is 1. The highest BCUT2D eigenvalue weighted by atomic mass is 32.2. The number of benzene rings is 3. The summed E-state index contributed by atoms with van der Waals surface area (Å²) in [5.41, 5.74) is 7.24. The predicted molar refractivity (Wildman–Crippen MR) is 127 cm³/mol. The average molecular weight is 474 g/mol. The number of anilines is 2. The van der Waals surface area contributed by atoms with Crippen molar-refractivity contribution in [2.24, 2.45) is 0 Å². The van der Waals surface area contributed by atoms with Crippen molar-refractivity contribution in [1.82, 2.24) is 4.98 Å². The van der Waals surface area contributed by atoms with Crippen LogP contribution in [0.4, 0.5) is 20.2 Å². The first kappa shape index (κ1) is 23.5. The monoisotopic (exact) mass is 473 g/mol. The summed E-state index contributed by atoms with van der Waals surface area (Å²) in [5, 5.41) is 11.1. The number of phenolic OH excluding ortho intramolecular Hbond substituents is 1. The van der Waals surface area contributed by atoms with Gasteiger partial charge in [-0.3, -0.25) is 4.98 Å². The summed E-state index contributed by atoms with van der Waals surface area (Å²) < 4.78 is 41.6. The molecule has 4 aromatic rings. The highest BCUT2D eigenvalue weighted by Gasteiger charge is 2.15. The van der Waals surface area contributed by atoms with E-state index >= 15 is 0 Å². The second-order valence-corrected chi connectivity index (χ2v) is 8.56. The van der Waals surface area contributed by atoms with Crippen molar-refractivity contribution in [1.29, 1.82) is 0 Å². The minimum absolute atomic E-state index is 0.00780. The Bertz CT molecular complexity index is 1300. The lowest BCUT2D eigenvalue weighted by molar-refractivity contribution is 0.469. The molecule has 1 unspecified atom stereocenters. The third kappa shape index (κ3) is 5.00. The molecule has 0 saturated heterocycles. The van der Waals surface area contributed by atoms with Gasteiger partial charge in [-0.25, -0.2) is 13.0 Å². The zero-order valence-electron chi connectivity index (χ0n) is 17.3. The number of halogens is 2. The summed E-state index contributed by atoms with van der Waals surface area (Å²) in [6, 6.07) is 12.3. The van der Waals surface area contributed by atoms with E-state index in [1.807, 2.05) is 0 Å². The number of aromatic nitrogens is 1. The second-order valence-electron chi connectivity index (χ2n) is 6.90. The quantitative estimate of drug-likeness (QED) is 0.233. The molecule has 0 saturated carbocycles. The van der Waals surface area contributed by atoms with E-state index in [1.165, 1.54) is 30.6 Å². The third-order valence-electron chi connectivity index (χ3n) is 4.83. The first-order valence-corrected chi connectivity index (χ1v) is 11.0. The third-order valence-corrected chi connectivity index (χ3v) is 6.32. The Balaban J connectivity index is 0.000000269. The standard InChI is InChI=1S/C16H13FN2O2S2.C7H8FN/c1-9-12(17)3-2-4-13(9)19-23(21)15-7-14(22)16(20)10-5-6-18-8-11(10)15;1-5-6(8)3-2-4-7(5)9/h2-8,19-20,22H,1H3;2-4H,9H2,1H3. The van der Waals surface area contributed by atoms with Crippen molar-refractivity contribution >= 4 is 45.8 Å². The molecule has 166 valence electrons. The van der Waals surface area contributed by atoms with Gasteiger partial charge >= 0.3 is 0 Å². The molecule has 3 aromatic carbocycles. The maximum Gasteiger partial charge on any atom is 0.151 e. The molecule has 0 amide bonds. The summed E-state index contributed by atoms with van der Waals surface area (Å²) in [6.45, 7) is 3.26. The summed E-state index contributed by atoms with van der Waals surface area (Å²) >= 11 is 4.21. The molecule has 0 bridgehead atoms. The van der Waals surface area contributed by atoms with E-state index in [0.717, 1.165) is 0 Å². The van der Waals surface area contributed by atoms with Gasteiger partial charge in [0.1, 0.15) is 17.4 Å². The second kappa shape index (κ2) is 9.97. The molecular formula is C23H21F2N3O2S2. The maximum absolute atomic E-state index is 13.6. The molecule has 0 aliphatic rings. The molecular weight excluding hydrogens is 452 g/mol. The van der Waals surface area contributed by atoms with Gasteiger partial charge in [-0.05, 0) is 50.2 Å². The molecule has 4 rings (SSSR count). The van der Waals surface area contributed by atoms with Crippen LogP contribution in [0.5, 0.6) is 5.75 Å². The summed E-state index contributed by atoms with van der Waals surface area (Å²) in [4.78, 5) is 4.73. The Labute approximate surface area is 192 Å². The Hall–Kier alpha value is -3.17. The van der Waals surface area contributed by atoms with Gasteiger partial charge in [0.05, 0.1) is 10.6 Å². The molecule has 5 nitrogen and oxygen atoms in total. The number of rotatable bonds is 3. The van der Waals surface area contributed by atoms with E-state index in [9.17, 15) is 18.1 Å². The molecule has 0 radical (unpaired) electrons. The zero-order chi connectivity index (χ0) is 23.4. The highest BCUT2D eigenvalue weighted by molar-refractivity contribution is 7.86. The normalized spacial score (nSPS) is 11.5. The van der Waals surface area contributed by atoms with Crippen LogP contribution in [0.1, 0.15) is 11.1 Å². The fourth-order valence-electron chi connectivity index (χ4n) is 2.86. The average Bonchev–Trinajstić information content (AvgIpc) is 2.78. The van der Waals surface area contributed by atoms with Crippen molar-refractivity contribution in [3.8, 4) is 5.75 Å². The van der Waals surface area contributed by atoms with E-state index in [1.54, 1.807) is 44.2 Å². The number of hydrogen-bond acceptors (Lipinski definition) is 5. The molecule has 0 fully saturated rings. The molecule has 0 aliphatic carbocycles. The van der Waals surface area contributed by atoms with Crippen LogP contribution in [-0.4, -0.2) is 14.3 Å². The van der Waals surface area contributed by atoms with Crippen molar-refractivity contribution < 1.29 is 18.1 Å². The van der Waals surface area contributed by atoms with Gasteiger partial charge in [0.2, 0.25) is 0 Å². The fraction of sp³-hybridized carbons (Fsp3) is 0.0870. The molecule has 4 N–H and O–H groups in total. The van der Waals surface area contributed by atoms with Gasteiger partial charge in [0.15, 0.2) is 11.0 Å². The van der Waals surface area contributed by atoms with Crippen LogP contribution < -0.4 is 10.5 Å². The van der Waals surface area contributed by atoms with Crippen molar-refractivity contribution in [2.75, 3.05) is 10.5 Å². The number of nitrogens with one attached hydrogen (secondary N) is 1. The number of fused-ring (bicyclic) bond motifs is 1. The lowest BCUT2D eigenvalue weighted by Crippen LogP contribution is -2.07. The van der Waals surface area contributed by atoms with Crippen LogP contribution in [0.2, 0.25) is 0 Å². The Morgan fingerprint density at radius 3 is 2.34 bits per heavy atom. The lowest BCUT2D eigenvalue weighted by Gasteiger charge is -2.13. The predicted octanol–water partition coefficient (Wildman–Crippen LogP) is 5.53. The SMILES string of the molecule is Cc1c(F)cccc1NS(=O)c1cc(S)c(O)c2ccncc12.Cc1c(N)cccc1F. The number of nitrogens with two attached hydrogens (primary N) is 1. The summed E-state index contributed by atoms with van der Waals surface area (Å²) in [5.74, 6) is -0.609. The summed E-state index contributed by atoms with van der Waals surface area (Å²) in [6.07, 6.45) is 3.06. The van der Waals surface area contributed by atoms with Gasteiger partial charge in [-0.2, -0.15) is 0 Å². The molecule has 1 atom stereocenters. The minimum atomic E-state index is -1.66. The maximum atomic E-state index is 13.6. The van der Waals surface area contributed by atoms with Gasteiger partial charge in [0.25, 0.3) is 0 Å². The summed E-state index contributed by atoms with van der Waals surface area (Å²) in [7, 11) is -1.66. The molecule has 32 heavy (non-hydrogen) atoms. The number of nitrogen functional groups attached to an aromatic ring is 1. The van der Waals surface area contributed by atoms with E-state index in [0.29, 0.717) is 43.1 Å². The largest absolute Gasteiger partial charge is 0.506 e. The van der Waals surface area contributed by atoms with Crippen LogP contribution >= 0.6 is 12.6 Å². The molecule has 1 heterocycles. The molecule has 0 spiro atoms. The Kier molecular flexibility index (Phi) is 7.32. The lowest BCUT2D eigenvalue weighted by atomic mass is 10.1. The van der Waals surface area contributed by atoms with Crippen LogP contribution in [0.15, 0.2) is 70.7 Å². The first-order chi connectivity index (χ1) is 15.2. The van der Waals surface area contributed by atoms with Crippen LogP contribution in [-0.2, 0) is 11.0 Å². The van der Waals surface area contributed by atoms with Gasteiger partial charge in [-0.15, -0.1) is 12.6 Å². The van der Waals surface area contributed by atoms with Gasteiger partial charge in [-0.1, -0.05) is 12.1 Å². The molecule has 9 heteroatoms. The topological polar surface area (TPSA) is 88.2 Å². The molecule has 1 aromatic heterocycles. The van der Waals surface area contributed by atoms with Crippen molar-refractivity contribution in [3.05, 3.63) is 83.7 Å². The number of hydrogen-bond donors (Lipinski definition) is 4. The van der Waals surface area contributed by atoms with E-state index in [2.05, 4.69) is 22.3 Å². The number of aromatic hydroxyl groups is 1. The van der Waals surface area contributed by atoms with Crippen LogP contribution in [0.3, 0.4) is 0 Å². The minimum Gasteiger partial charge on any atom is -0.506 e. The van der Waals surface area contributed by atoms with E-state index < -0.39 is 11.0 Å². The van der Waals surface area contributed by atoms with Crippen molar-refractivity contribution in [2.45, 2.75) is 23.6 Å². The van der Waals surface area contributed by atoms with Gasteiger partial charge < -0.3 is 15.6 Å². The molecule has 0 aliphatic heterocycles. The Morgan fingerprint density at radius 2 is 1.69 bits per heavy atom. The zero-order valence-corrected chi connectivity index (χ0v) is 19.0. The smallest absolute Gasteiger partial charge is 0.151 e. The Morgan fingerprint density at radius 1 is 1.03 bits per heavy atom. The first-order valence-electron chi connectivity index (χ1n) is 9.43. The van der Waals surface area contributed by atoms with Gasteiger partial charge in [0, 0.05) is 44.9 Å². The highest BCUT2D eigenvalue weighted by Crippen LogP contribution is 2.35. The van der Waals surface area contributed by atoms with Crippen molar-refractivity contribution in [3.63, 3.8) is 0 Å². The number of nitrogens with zero attached hydrogens (tertiary/aromatic N) is 1. The van der Waals surface area contributed by atoms with E-state index in [-0.39, 0.29) is 17.4 Å². The van der Waals surface area contributed by atoms with Crippen LogP contribution in [0, 0.1) is 25.5 Å². The fourth-order valence-corrected chi connectivity index (χ4v) is 4.31. The van der Waals surface area contributed by atoms with Crippen LogP contribution in [0.25, 0.3) is 10.8 Å². The number of phenols is 1. The van der Waals surface area contributed by atoms with E-state index in [4.69, 9.17) is 5.73 Å². The number of pyridine rings is 1.